The largest absolute Gasteiger partial charge is 0.383 e. The fourth-order valence-electron chi connectivity index (χ4n) is 3.09. The summed E-state index contributed by atoms with van der Waals surface area (Å²) in [4.78, 5) is 8.88. The first kappa shape index (κ1) is 16.8. The molecule has 0 atom stereocenters. The Labute approximate surface area is 137 Å². The highest BCUT2D eigenvalue weighted by Gasteiger charge is 2.20. The number of para-hydroxylation sites is 1. The Bertz CT molecular complexity index is 611. The van der Waals surface area contributed by atoms with Crippen LogP contribution in [0.5, 0.6) is 0 Å². The molecule has 0 spiro atoms. The highest BCUT2D eigenvalue weighted by molar-refractivity contribution is 5.88. The van der Waals surface area contributed by atoms with Crippen LogP contribution in [0.1, 0.15) is 25.7 Å². The maximum absolute atomic E-state index is 6.00. The SMILES string of the molecule is Cl.NC[C@H]1CC[C@H](CNc2nc(N)c3ccccc3n2)CC1. The number of rotatable bonds is 4. The molecule has 2 aromatic rings. The van der Waals surface area contributed by atoms with E-state index in [0.29, 0.717) is 23.6 Å². The highest BCUT2D eigenvalue weighted by Crippen LogP contribution is 2.28. The van der Waals surface area contributed by atoms with Gasteiger partial charge in [0, 0.05) is 11.9 Å². The number of nitrogen functional groups attached to an aromatic ring is 1. The maximum atomic E-state index is 6.00. The lowest BCUT2D eigenvalue weighted by atomic mass is 9.82. The van der Waals surface area contributed by atoms with E-state index in [-0.39, 0.29) is 12.4 Å². The minimum atomic E-state index is 0. The molecule has 0 aliphatic heterocycles. The van der Waals surface area contributed by atoms with Gasteiger partial charge in [-0.3, -0.25) is 0 Å². The smallest absolute Gasteiger partial charge is 0.225 e. The Balaban J connectivity index is 0.00000176. The van der Waals surface area contributed by atoms with Crippen LogP contribution in [0, 0.1) is 11.8 Å². The van der Waals surface area contributed by atoms with Crippen LogP contribution < -0.4 is 16.8 Å². The fraction of sp³-hybridized carbons (Fsp3) is 0.500. The van der Waals surface area contributed by atoms with Crippen molar-refractivity contribution in [1.29, 1.82) is 0 Å². The third-order valence-electron chi connectivity index (χ3n) is 4.48. The molecule has 6 heteroatoms. The van der Waals surface area contributed by atoms with Crippen LogP contribution in [0.4, 0.5) is 11.8 Å². The van der Waals surface area contributed by atoms with E-state index in [1.54, 1.807) is 0 Å². The third-order valence-corrected chi connectivity index (χ3v) is 4.48. The molecule has 5 nitrogen and oxygen atoms in total. The van der Waals surface area contributed by atoms with Gasteiger partial charge < -0.3 is 16.8 Å². The topological polar surface area (TPSA) is 89.8 Å². The molecule has 0 unspecified atom stereocenters. The monoisotopic (exact) mass is 321 g/mol. The zero-order valence-electron chi connectivity index (χ0n) is 12.7. The number of fused-ring (bicyclic) bond motifs is 1. The fourth-order valence-corrected chi connectivity index (χ4v) is 3.09. The number of aromatic nitrogens is 2. The van der Waals surface area contributed by atoms with E-state index in [1.807, 2.05) is 24.3 Å². The number of halogens is 1. The van der Waals surface area contributed by atoms with Gasteiger partial charge in [0.1, 0.15) is 5.82 Å². The molecule has 22 heavy (non-hydrogen) atoms. The second-order valence-corrected chi connectivity index (χ2v) is 5.95. The van der Waals surface area contributed by atoms with Gasteiger partial charge >= 0.3 is 0 Å². The van der Waals surface area contributed by atoms with Gasteiger partial charge in [0.2, 0.25) is 5.95 Å². The number of hydrogen-bond acceptors (Lipinski definition) is 5. The molecule has 1 fully saturated rings. The molecule has 1 heterocycles. The Morgan fingerprint density at radius 2 is 1.73 bits per heavy atom. The van der Waals surface area contributed by atoms with Crippen molar-refractivity contribution in [3.8, 4) is 0 Å². The van der Waals surface area contributed by atoms with Gasteiger partial charge in [-0.25, -0.2) is 4.98 Å². The number of nitrogens with one attached hydrogen (secondary N) is 1. The molecule has 0 radical (unpaired) electrons. The molecule has 1 saturated carbocycles. The summed E-state index contributed by atoms with van der Waals surface area (Å²) < 4.78 is 0. The summed E-state index contributed by atoms with van der Waals surface area (Å²) >= 11 is 0. The summed E-state index contributed by atoms with van der Waals surface area (Å²) in [5, 5.41) is 4.26. The first-order chi connectivity index (χ1) is 10.3. The van der Waals surface area contributed by atoms with Gasteiger partial charge in [0.15, 0.2) is 0 Å². The van der Waals surface area contributed by atoms with Crippen molar-refractivity contribution in [2.45, 2.75) is 25.7 Å². The predicted molar refractivity (Wildman–Crippen MR) is 94.2 cm³/mol. The lowest BCUT2D eigenvalue weighted by Crippen LogP contribution is -2.25. The Morgan fingerprint density at radius 3 is 2.45 bits per heavy atom. The van der Waals surface area contributed by atoms with Crippen molar-refractivity contribution in [3.63, 3.8) is 0 Å². The normalized spacial score (nSPS) is 21.3. The summed E-state index contributed by atoms with van der Waals surface area (Å²) in [6.07, 6.45) is 4.95. The lowest BCUT2D eigenvalue weighted by molar-refractivity contribution is 0.289. The summed E-state index contributed by atoms with van der Waals surface area (Å²) in [7, 11) is 0. The van der Waals surface area contributed by atoms with Crippen molar-refractivity contribution in [2.24, 2.45) is 17.6 Å². The predicted octanol–water partition coefficient (Wildman–Crippen LogP) is 2.81. The van der Waals surface area contributed by atoms with Crippen LogP contribution in [0.3, 0.4) is 0 Å². The average molecular weight is 322 g/mol. The second-order valence-electron chi connectivity index (χ2n) is 5.95. The molecule has 1 aliphatic carbocycles. The minimum absolute atomic E-state index is 0. The molecule has 1 aromatic heterocycles. The lowest BCUT2D eigenvalue weighted by Gasteiger charge is -2.27. The molecule has 0 saturated heterocycles. The summed E-state index contributed by atoms with van der Waals surface area (Å²) in [5.41, 5.74) is 12.6. The molecule has 0 amide bonds. The highest BCUT2D eigenvalue weighted by atomic mass is 35.5. The van der Waals surface area contributed by atoms with Gasteiger partial charge in [-0.15, -0.1) is 12.4 Å². The quantitative estimate of drug-likeness (QED) is 0.805. The number of anilines is 2. The first-order valence-electron chi connectivity index (χ1n) is 7.72. The zero-order valence-corrected chi connectivity index (χ0v) is 13.5. The molecular weight excluding hydrogens is 298 g/mol. The number of nitrogens with zero attached hydrogens (tertiary/aromatic N) is 2. The van der Waals surface area contributed by atoms with Crippen LogP contribution in [0.15, 0.2) is 24.3 Å². The van der Waals surface area contributed by atoms with Crippen molar-refractivity contribution in [1.82, 2.24) is 9.97 Å². The van der Waals surface area contributed by atoms with Gasteiger partial charge in [0.05, 0.1) is 5.52 Å². The van der Waals surface area contributed by atoms with E-state index in [9.17, 15) is 0 Å². The van der Waals surface area contributed by atoms with E-state index >= 15 is 0 Å². The Morgan fingerprint density at radius 1 is 1.05 bits per heavy atom. The van der Waals surface area contributed by atoms with Gasteiger partial charge in [-0.05, 0) is 56.2 Å². The minimum Gasteiger partial charge on any atom is -0.383 e. The average Bonchev–Trinajstić information content (AvgIpc) is 2.53. The van der Waals surface area contributed by atoms with Crippen LogP contribution in [-0.4, -0.2) is 23.1 Å². The van der Waals surface area contributed by atoms with E-state index in [0.717, 1.165) is 24.0 Å². The molecule has 5 N–H and O–H groups in total. The summed E-state index contributed by atoms with van der Waals surface area (Å²) in [6, 6.07) is 7.82. The van der Waals surface area contributed by atoms with Gasteiger partial charge in [0.25, 0.3) is 0 Å². The van der Waals surface area contributed by atoms with Gasteiger partial charge in [-0.1, -0.05) is 12.1 Å². The zero-order chi connectivity index (χ0) is 14.7. The molecule has 3 rings (SSSR count). The van der Waals surface area contributed by atoms with Crippen molar-refractivity contribution in [2.75, 3.05) is 24.1 Å². The van der Waals surface area contributed by atoms with E-state index in [2.05, 4.69) is 15.3 Å². The number of hydrogen-bond donors (Lipinski definition) is 3. The standard InChI is InChI=1S/C16H23N5.ClH/c17-9-11-5-7-12(8-6-11)10-19-16-20-14-4-2-1-3-13(14)15(18)21-16;/h1-4,11-12H,5-10,17H2,(H3,18,19,20,21);1H/t11-,12-;. The van der Waals surface area contributed by atoms with Crippen molar-refractivity contribution >= 4 is 35.1 Å². The first-order valence-corrected chi connectivity index (χ1v) is 7.72. The van der Waals surface area contributed by atoms with E-state index < -0.39 is 0 Å². The van der Waals surface area contributed by atoms with Crippen molar-refractivity contribution in [3.05, 3.63) is 24.3 Å². The molecule has 0 bridgehead atoms. The summed E-state index contributed by atoms with van der Waals surface area (Å²) in [5.74, 6) is 2.57. The number of benzene rings is 1. The van der Waals surface area contributed by atoms with E-state index in [4.69, 9.17) is 11.5 Å². The van der Waals surface area contributed by atoms with Crippen LogP contribution >= 0.6 is 12.4 Å². The maximum Gasteiger partial charge on any atom is 0.225 e. The van der Waals surface area contributed by atoms with Crippen molar-refractivity contribution < 1.29 is 0 Å². The van der Waals surface area contributed by atoms with Gasteiger partial charge in [-0.2, -0.15) is 4.98 Å². The second kappa shape index (κ2) is 7.61. The Kier molecular flexibility index (Phi) is 5.80. The van der Waals surface area contributed by atoms with Crippen LogP contribution in [0.2, 0.25) is 0 Å². The molecule has 1 aliphatic rings. The molecule has 1 aromatic carbocycles. The third kappa shape index (κ3) is 3.78. The van der Waals surface area contributed by atoms with Crippen LogP contribution in [0.25, 0.3) is 10.9 Å². The Hall–Kier alpha value is -1.59. The number of nitrogens with two attached hydrogens (primary N) is 2. The molecule has 120 valence electrons. The molecular formula is C16H24ClN5. The van der Waals surface area contributed by atoms with E-state index in [1.165, 1.54) is 25.7 Å². The van der Waals surface area contributed by atoms with Crippen LogP contribution in [-0.2, 0) is 0 Å². The summed E-state index contributed by atoms with van der Waals surface area (Å²) in [6.45, 7) is 1.74.